The van der Waals surface area contributed by atoms with Crippen LogP contribution in [0, 0.1) is 12.3 Å². The third-order valence-electron chi connectivity index (χ3n) is 2.64. The molecule has 0 aliphatic heterocycles. The van der Waals surface area contributed by atoms with Gasteiger partial charge in [0.05, 0.1) is 0 Å². The molecule has 0 spiro atoms. The molecular formula is C14H14ClN3O. The van der Waals surface area contributed by atoms with E-state index in [1.807, 2.05) is 25.1 Å². The van der Waals surface area contributed by atoms with Crippen molar-refractivity contribution in [2.45, 2.75) is 13.5 Å². The number of hydrogen-bond acceptors (Lipinski definition) is 3. The van der Waals surface area contributed by atoms with Crippen LogP contribution in [0.25, 0.3) is 0 Å². The van der Waals surface area contributed by atoms with Crippen molar-refractivity contribution in [3.05, 3.63) is 58.4 Å². The number of nitrogens with two attached hydrogens (primary N) is 1. The first-order chi connectivity index (χ1) is 9.06. The van der Waals surface area contributed by atoms with Crippen LogP contribution in [0.2, 0.25) is 5.02 Å². The normalized spacial score (nSPS) is 10.2. The topological polar surface area (TPSA) is 72.0 Å². The average Bonchev–Trinajstić information content (AvgIpc) is 2.40. The molecule has 0 aliphatic carbocycles. The van der Waals surface area contributed by atoms with Gasteiger partial charge in [0.15, 0.2) is 0 Å². The Balaban J connectivity index is 2.12. The van der Waals surface area contributed by atoms with Crippen molar-refractivity contribution in [3.8, 4) is 5.75 Å². The second kappa shape index (κ2) is 5.71. The van der Waals surface area contributed by atoms with Crippen LogP contribution in [0.5, 0.6) is 5.75 Å². The highest BCUT2D eigenvalue weighted by Gasteiger charge is 2.03. The second-order valence-electron chi connectivity index (χ2n) is 4.16. The maximum absolute atomic E-state index is 7.35. The molecule has 4 nitrogen and oxygen atoms in total. The summed E-state index contributed by atoms with van der Waals surface area (Å²) in [6.07, 6.45) is 1.61. The number of aromatic nitrogens is 1. The first kappa shape index (κ1) is 13.4. The lowest BCUT2D eigenvalue weighted by molar-refractivity contribution is 0.304. The Labute approximate surface area is 116 Å². The quantitative estimate of drug-likeness (QED) is 0.666. The molecule has 0 saturated heterocycles. The molecule has 0 bridgehead atoms. The van der Waals surface area contributed by atoms with Gasteiger partial charge in [0.2, 0.25) is 0 Å². The van der Waals surface area contributed by atoms with Gasteiger partial charge in [0, 0.05) is 11.2 Å². The molecule has 0 fully saturated rings. The molecule has 19 heavy (non-hydrogen) atoms. The zero-order valence-electron chi connectivity index (χ0n) is 10.5. The van der Waals surface area contributed by atoms with Crippen molar-refractivity contribution in [2.24, 2.45) is 5.73 Å². The Morgan fingerprint density at radius 1 is 1.37 bits per heavy atom. The van der Waals surface area contributed by atoms with E-state index < -0.39 is 0 Å². The number of ether oxygens (including phenoxy) is 1. The van der Waals surface area contributed by atoms with Gasteiger partial charge in [0.25, 0.3) is 0 Å². The molecule has 0 amide bonds. The number of rotatable bonds is 4. The molecule has 98 valence electrons. The first-order valence-electron chi connectivity index (χ1n) is 5.74. The molecule has 0 saturated carbocycles. The fourth-order valence-corrected chi connectivity index (χ4v) is 1.76. The molecule has 5 heteroatoms. The lowest BCUT2D eigenvalue weighted by Crippen LogP contribution is -2.13. The van der Waals surface area contributed by atoms with E-state index in [0.29, 0.717) is 17.3 Å². The highest BCUT2D eigenvalue weighted by molar-refractivity contribution is 6.30. The van der Waals surface area contributed by atoms with Gasteiger partial charge in [-0.25, -0.2) is 0 Å². The van der Waals surface area contributed by atoms with Gasteiger partial charge < -0.3 is 10.5 Å². The summed E-state index contributed by atoms with van der Waals surface area (Å²) in [4.78, 5) is 4.00. The number of benzene rings is 1. The average molecular weight is 276 g/mol. The largest absolute Gasteiger partial charge is 0.489 e. The minimum absolute atomic E-state index is 0.0548. The van der Waals surface area contributed by atoms with E-state index in [9.17, 15) is 0 Å². The highest BCUT2D eigenvalue weighted by Crippen LogP contribution is 2.23. The third kappa shape index (κ3) is 3.45. The van der Waals surface area contributed by atoms with E-state index in [0.717, 1.165) is 16.9 Å². The fourth-order valence-electron chi connectivity index (χ4n) is 1.60. The van der Waals surface area contributed by atoms with Gasteiger partial charge in [-0.15, -0.1) is 0 Å². The van der Waals surface area contributed by atoms with Gasteiger partial charge in [0.1, 0.15) is 23.9 Å². The smallest absolute Gasteiger partial charge is 0.141 e. The Kier molecular flexibility index (Phi) is 4.02. The zero-order chi connectivity index (χ0) is 13.8. The van der Waals surface area contributed by atoms with E-state index in [1.54, 1.807) is 18.3 Å². The number of hydrogen-bond donors (Lipinski definition) is 2. The van der Waals surface area contributed by atoms with Crippen molar-refractivity contribution < 1.29 is 4.74 Å². The Hall–Kier alpha value is -2.07. The van der Waals surface area contributed by atoms with Crippen molar-refractivity contribution in [1.82, 2.24) is 4.98 Å². The van der Waals surface area contributed by atoms with Gasteiger partial charge in [-0.2, -0.15) is 0 Å². The highest BCUT2D eigenvalue weighted by atomic mass is 35.5. The number of nitrogen functional groups attached to an aromatic ring is 1. The van der Waals surface area contributed by atoms with Crippen LogP contribution in [0.15, 0.2) is 36.5 Å². The molecule has 2 rings (SSSR count). The van der Waals surface area contributed by atoms with E-state index in [4.69, 9.17) is 27.5 Å². The van der Waals surface area contributed by atoms with Gasteiger partial charge in [-0.3, -0.25) is 10.4 Å². The SMILES string of the molecule is Cc1ccc(Cl)cc1OCc1ccnc(C(=N)N)c1. The number of nitrogens with one attached hydrogen (secondary N) is 1. The van der Waals surface area contributed by atoms with Crippen LogP contribution in [-0.4, -0.2) is 10.8 Å². The number of halogens is 1. The van der Waals surface area contributed by atoms with E-state index in [1.165, 1.54) is 0 Å². The second-order valence-corrected chi connectivity index (χ2v) is 4.60. The van der Waals surface area contributed by atoms with Gasteiger partial charge in [-0.05, 0) is 42.3 Å². The van der Waals surface area contributed by atoms with Crippen molar-refractivity contribution in [2.75, 3.05) is 0 Å². The minimum Gasteiger partial charge on any atom is -0.489 e. The maximum atomic E-state index is 7.35. The standard InChI is InChI=1S/C14H14ClN3O/c1-9-2-3-11(15)7-13(9)19-8-10-4-5-18-12(6-10)14(16)17/h2-7H,8H2,1H3,(H3,16,17). The summed E-state index contributed by atoms with van der Waals surface area (Å²) < 4.78 is 5.71. The van der Waals surface area contributed by atoms with Crippen molar-refractivity contribution in [3.63, 3.8) is 0 Å². The number of amidine groups is 1. The molecular weight excluding hydrogens is 262 g/mol. The molecule has 2 aromatic rings. The molecule has 1 aromatic heterocycles. The van der Waals surface area contributed by atoms with Crippen molar-refractivity contribution >= 4 is 17.4 Å². The van der Waals surface area contributed by atoms with Crippen LogP contribution < -0.4 is 10.5 Å². The van der Waals surface area contributed by atoms with E-state index in [-0.39, 0.29) is 5.84 Å². The number of aryl methyl sites for hydroxylation is 1. The summed E-state index contributed by atoms with van der Waals surface area (Å²) >= 11 is 5.93. The molecule has 1 aromatic carbocycles. The lowest BCUT2D eigenvalue weighted by atomic mass is 10.2. The summed E-state index contributed by atoms with van der Waals surface area (Å²) in [6, 6.07) is 9.08. The van der Waals surface area contributed by atoms with E-state index in [2.05, 4.69) is 4.98 Å². The van der Waals surface area contributed by atoms with Crippen molar-refractivity contribution in [1.29, 1.82) is 5.41 Å². The van der Waals surface area contributed by atoms with Crippen LogP contribution in [0.1, 0.15) is 16.8 Å². The monoisotopic (exact) mass is 275 g/mol. The fraction of sp³-hybridized carbons (Fsp3) is 0.143. The first-order valence-corrected chi connectivity index (χ1v) is 6.12. The zero-order valence-corrected chi connectivity index (χ0v) is 11.2. The Bertz CT molecular complexity index is 613. The minimum atomic E-state index is -0.0548. The number of pyridine rings is 1. The summed E-state index contributed by atoms with van der Waals surface area (Å²) in [7, 11) is 0. The molecule has 1 heterocycles. The van der Waals surface area contributed by atoms with E-state index >= 15 is 0 Å². The van der Waals surface area contributed by atoms with Gasteiger partial charge in [-0.1, -0.05) is 17.7 Å². The summed E-state index contributed by atoms with van der Waals surface area (Å²) in [6.45, 7) is 2.34. The summed E-state index contributed by atoms with van der Waals surface area (Å²) in [5.74, 6) is 0.689. The summed E-state index contributed by atoms with van der Waals surface area (Å²) in [5.41, 5.74) is 7.77. The van der Waals surface area contributed by atoms with Crippen LogP contribution in [0.4, 0.5) is 0 Å². The maximum Gasteiger partial charge on any atom is 0.141 e. The Morgan fingerprint density at radius 3 is 2.89 bits per heavy atom. The predicted molar refractivity (Wildman–Crippen MR) is 75.8 cm³/mol. The predicted octanol–water partition coefficient (Wildman–Crippen LogP) is 2.91. The Morgan fingerprint density at radius 2 is 2.16 bits per heavy atom. The molecule has 0 aliphatic rings. The van der Waals surface area contributed by atoms with Crippen LogP contribution >= 0.6 is 11.6 Å². The third-order valence-corrected chi connectivity index (χ3v) is 2.88. The lowest BCUT2D eigenvalue weighted by Gasteiger charge is -2.10. The molecule has 3 N–H and O–H groups in total. The summed E-state index contributed by atoms with van der Waals surface area (Å²) in [5, 5.41) is 7.99. The number of nitrogens with zero attached hydrogens (tertiary/aromatic N) is 1. The van der Waals surface area contributed by atoms with Crippen LogP contribution in [0.3, 0.4) is 0 Å². The molecule has 0 radical (unpaired) electrons. The van der Waals surface area contributed by atoms with Gasteiger partial charge >= 0.3 is 0 Å². The van der Waals surface area contributed by atoms with Crippen LogP contribution in [-0.2, 0) is 6.61 Å². The molecule has 0 unspecified atom stereocenters. The molecule has 0 atom stereocenters.